The number of benzene rings is 2. The molecule has 0 aromatic heterocycles. The number of carbonyl (C=O) groups excluding carboxylic acids is 1. The van der Waals surface area contributed by atoms with Crippen LogP contribution in [0.25, 0.3) is 0 Å². The number of sulfonamides is 1. The van der Waals surface area contributed by atoms with Crippen molar-refractivity contribution in [3.63, 3.8) is 0 Å². The highest BCUT2D eigenvalue weighted by molar-refractivity contribution is 7.89. The molecule has 1 aliphatic rings. The number of hydrogen-bond donors (Lipinski definition) is 2. The molecule has 1 amide bonds. The molecule has 0 radical (unpaired) electrons. The zero-order valence-corrected chi connectivity index (χ0v) is 18.5. The quantitative estimate of drug-likeness (QED) is 0.674. The molecule has 1 aliphatic heterocycles. The summed E-state index contributed by atoms with van der Waals surface area (Å²) in [5.74, 6) is 0.382. The van der Waals surface area contributed by atoms with Crippen molar-refractivity contribution in [3.05, 3.63) is 60.2 Å². The molecule has 2 aromatic rings. The molecule has 0 saturated carbocycles. The maximum absolute atomic E-state index is 12.7. The summed E-state index contributed by atoms with van der Waals surface area (Å²) in [6.07, 6.45) is 2.40. The Morgan fingerprint density at radius 3 is 2.37 bits per heavy atom. The average molecular weight is 430 g/mol. The molecule has 0 bridgehead atoms. The number of rotatable bonds is 8. The normalized spacial score (nSPS) is 16.3. The van der Waals surface area contributed by atoms with E-state index in [-0.39, 0.29) is 16.8 Å². The SMILES string of the molecule is CC[C@@H](C)CNC(=O)c1ccccc1N1CCC(NS(=O)(=O)c2ccccc2)CC1. The molecule has 162 valence electrons. The number of para-hydroxylation sites is 1. The number of anilines is 1. The fourth-order valence-electron chi connectivity index (χ4n) is 3.57. The van der Waals surface area contributed by atoms with Crippen LogP contribution in [0.5, 0.6) is 0 Å². The highest BCUT2D eigenvalue weighted by atomic mass is 32.2. The molecule has 1 fully saturated rings. The summed E-state index contributed by atoms with van der Waals surface area (Å²) in [5.41, 5.74) is 1.58. The molecule has 2 N–H and O–H groups in total. The van der Waals surface area contributed by atoms with Crippen LogP contribution in [-0.4, -0.2) is 40.0 Å². The van der Waals surface area contributed by atoms with Crippen molar-refractivity contribution in [3.8, 4) is 0 Å². The van der Waals surface area contributed by atoms with Gasteiger partial charge in [-0.1, -0.05) is 50.6 Å². The van der Waals surface area contributed by atoms with Gasteiger partial charge in [0.15, 0.2) is 0 Å². The summed E-state index contributed by atoms with van der Waals surface area (Å²) in [4.78, 5) is 15.2. The predicted octanol–water partition coefficient (Wildman–Crippen LogP) is 3.41. The van der Waals surface area contributed by atoms with Crippen LogP contribution >= 0.6 is 0 Å². The van der Waals surface area contributed by atoms with Gasteiger partial charge in [0.1, 0.15) is 0 Å². The zero-order chi connectivity index (χ0) is 21.6. The Morgan fingerprint density at radius 2 is 1.70 bits per heavy atom. The molecular formula is C23H31N3O3S. The van der Waals surface area contributed by atoms with E-state index in [9.17, 15) is 13.2 Å². The highest BCUT2D eigenvalue weighted by Crippen LogP contribution is 2.25. The second-order valence-corrected chi connectivity index (χ2v) is 9.65. The lowest BCUT2D eigenvalue weighted by Crippen LogP contribution is -2.45. The summed E-state index contributed by atoms with van der Waals surface area (Å²) in [5, 5.41) is 3.03. The molecule has 1 atom stereocenters. The standard InChI is InChI=1S/C23H31N3O3S/c1-3-18(2)17-24-23(27)21-11-7-8-12-22(21)26-15-13-19(14-16-26)25-30(28,29)20-9-5-4-6-10-20/h4-12,18-19,25H,3,13-17H2,1-2H3,(H,24,27)/t18-/m1/s1. The number of nitrogens with zero attached hydrogens (tertiary/aromatic N) is 1. The minimum atomic E-state index is -3.51. The van der Waals surface area contributed by atoms with Crippen LogP contribution in [0.4, 0.5) is 5.69 Å². The van der Waals surface area contributed by atoms with Gasteiger partial charge in [-0.25, -0.2) is 13.1 Å². The third-order valence-corrected chi connectivity index (χ3v) is 7.20. The summed E-state index contributed by atoms with van der Waals surface area (Å²) in [6, 6.07) is 16.0. The van der Waals surface area contributed by atoms with Crippen LogP contribution in [0.15, 0.2) is 59.5 Å². The topological polar surface area (TPSA) is 78.5 Å². The first-order valence-corrected chi connectivity index (χ1v) is 12.1. The molecule has 2 aromatic carbocycles. The molecule has 30 heavy (non-hydrogen) atoms. The van der Waals surface area contributed by atoms with Crippen LogP contribution in [-0.2, 0) is 10.0 Å². The molecule has 1 saturated heterocycles. The Labute approximate surface area is 179 Å². The van der Waals surface area contributed by atoms with Crippen molar-refractivity contribution in [1.82, 2.24) is 10.0 Å². The van der Waals surface area contributed by atoms with Crippen LogP contribution in [0.2, 0.25) is 0 Å². The lowest BCUT2D eigenvalue weighted by Gasteiger charge is -2.34. The minimum Gasteiger partial charge on any atom is -0.371 e. The van der Waals surface area contributed by atoms with Crippen molar-refractivity contribution >= 4 is 21.6 Å². The van der Waals surface area contributed by atoms with E-state index in [0.29, 0.717) is 44.0 Å². The maximum atomic E-state index is 12.7. The van der Waals surface area contributed by atoms with E-state index >= 15 is 0 Å². The van der Waals surface area contributed by atoms with Gasteiger partial charge in [0, 0.05) is 31.4 Å². The average Bonchev–Trinajstić information content (AvgIpc) is 2.78. The van der Waals surface area contributed by atoms with Crippen LogP contribution < -0.4 is 14.9 Å². The number of amides is 1. The van der Waals surface area contributed by atoms with Crippen LogP contribution in [0.3, 0.4) is 0 Å². The van der Waals surface area contributed by atoms with Gasteiger partial charge in [-0.3, -0.25) is 4.79 Å². The number of piperidine rings is 1. The zero-order valence-electron chi connectivity index (χ0n) is 17.7. The number of nitrogens with one attached hydrogen (secondary N) is 2. The molecule has 0 aliphatic carbocycles. The van der Waals surface area contributed by atoms with Gasteiger partial charge in [-0.05, 0) is 43.0 Å². The minimum absolute atomic E-state index is 0.0576. The van der Waals surface area contributed by atoms with Crippen molar-refractivity contribution in [1.29, 1.82) is 0 Å². The second-order valence-electron chi connectivity index (χ2n) is 7.94. The second kappa shape index (κ2) is 10.1. The third-order valence-electron chi connectivity index (χ3n) is 5.67. The Balaban J connectivity index is 1.62. The van der Waals surface area contributed by atoms with E-state index in [4.69, 9.17) is 0 Å². The fourth-order valence-corrected chi connectivity index (χ4v) is 4.90. The molecular weight excluding hydrogens is 398 g/mol. The lowest BCUT2D eigenvalue weighted by atomic mass is 10.0. The summed E-state index contributed by atoms with van der Waals surface area (Å²) < 4.78 is 28.0. The van der Waals surface area contributed by atoms with Gasteiger partial charge < -0.3 is 10.2 Å². The van der Waals surface area contributed by atoms with E-state index in [1.807, 2.05) is 24.3 Å². The van der Waals surface area contributed by atoms with Crippen LogP contribution in [0.1, 0.15) is 43.5 Å². The number of hydrogen-bond acceptors (Lipinski definition) is 4. The van der Waals surface area contributed by atoms with Gasteiger partial charge in [0.2, 0.25) is 10.0 Å². The largest absolute Gasteiger partial charge is 0.371 e. The van der Waals surface area contributed by atoms with Crippen molar-refractivity contribution in [2.75, 3.05) is 24.5 Å². The summed E-state index contributed by atoms with van der Waals surface area (Å²) in [7, 11) is -3.51. The maximum Gasteiger partial charge on any atom is 0.253 e. The van der Waals surface area contributed by atoms with E-state index in [1.165, 1.54) is 0 Å². The van der Waals surface area contributed by atoms with Crippen LogP contribution in [0, 0.1) is 5.92 Å². The van der Waals surface area contributed by atoms with Crippen molar-refractivity contribution in [2.45, 2.75) is 44.0 Å². The van der Waals surface area contributed by atoms with Gasteiger partial charge in [0.05, 0.1) is 10.5 Å². The molecule has 7 heteroatoms. The van der Waals surface area contributed by atoms with Gasteiger partial charge in [0.25, 0.3) is 5.91 Å². The van der Waals surface area contributed by atoms with Gasteiger partial charge >= 0.3 is 0 Å². The van der Waals surface area contributed by atoms with E-state index in [0.717, 1.165) is 12.1 Å². The summed E-state index contributed by atoms with van der Waals surface area (Å²) >= 11 is 0. The predicted molar refractivity (Wildman–Crippen MR) is 120 cm³/mol. The highest BCUT2D eigenvalue weighted by Gasteiger charge is 2.26. The molecule has 0 unspecified atom stereocenters. The van der Waals surface area contributed by atoms with E-state index in [1.54, 1.807) is 30.3 Å². The first-order valence-electron chi connectivity index (χ1n) is 10.6. The third kappa shape index (κ3) is 5.61. The Morgan fingerprint density at radius 1 is 1.07 bits per heavy atom. The monoisotopic (exact) mass is 429 g/mol. The Bertz CT molecular complexity index is 939. The molecule has 6 nitrogen and oxygen atoms in total. The first-order chi connectivity index (χ1) is 14.4. The Hall–Kier alpha value is -2.38. The molecule has 3 rings (SSSR count). The molecule has 1 heterocycles. The van der Waals surface area contributed by atoms with Crippen molar-refractivity contribution in [2.24, 2.45) is 5.92 Å². The van der Waals surface area contributed by atoms with E-state index in [2.05, 4.69) is 28.8 Å². The van der Waals surface area contributed by atoms with E-state index < -0.39 is 10.0 Å². The van der Waals surface area contributed by atoms with Crippen molar-refractivity contribution < 1.29 is 13.2 Å². The molecule has 0 spiro atoms. The number of carbonyl (C=O) groups is 1. The lowest BCUT2D eigenvalue weighted by molar-refractivity contribution is 0.0948. The van der Waals surface area contributed by atoms with Gasteiger partial charge in [-0.2, -0.15) is 0 Å². The summed E-state index contributed by atoms with van der Waals surface area (Å²) in [6.45, 7) is 6.27. The van der Waals surface area contributed by atoms with Gasteiger partial charge in [-0.15, -0.1) is 0 Å². The Kier molecular flexibility index (Phi) is 7.50. The smallest absolute Gasteiger partial charge is 0.253 e. The fraction of sp³-hybridized carbons (Fsp3) is 0.435. The first kappa shape index (κ1) is 22.3.